The van der Waals surface area contributed by atoms with E-state index in [1.165, 1.54) is 30.4 Å². The van der Waals surface area contributed by atoms with Crippen LogP contribution in [-0.2, 0) is 0 Å². The Morgan fingerprint density at radius 1 is 1.32 bits per heavy atom. The standard InChI is InChI=1S/C15H20N2OS/c1-10-5-3-4-6-12(10)16-15-17-13-8-7-11(18-2)9-14(13)19-15/h7-10,12H,3-6H2,1-2H3,(H,16,17)/t10-,12+/m1/s1. The minimum absolute atomic E-state index is 0.580. The molecule has 0 spiro atoms. The summed E-state index contributed by atoms with van der Waals surface area (Å²) in [6, 6.07) is 6.63. The summed E-state index contributed by atoms with van der Waals surface area (Å²) in [5.41, 5.74) is 1.05. The molecule has 3 nitrogen and oxygen atoms in total. The fourth-order valence-corrected chi connectivity index (χ4v) is 3.74. The van der Waals surface area contributed by atoms with Gasteiger partial charge in [0.1, 0.15) is 5.75 Å². The van der Waals surface area contributed by atoms with Gasteiger partial charge in [-0.15, -0.1) is 0 Å². The highest BCUT2D eigenvalue weighted by molar-refractivity contribution is 7.22. The zero-order valence-electron chi connectivity index (χ0n) is 11.5. The van der Waals surface area contributed by atoms with Gasteiger partial charge in [-0.2, -0.15) is 0 Å². The number of thiazole rings is 1. The Bertz CT molecular complexity index is 566. The van der Waals surface area contributed by atoms with Crippen molar-refractivity contribution in [1.82, 2.24) is 4.98 Å². The van der Waals surface area contributed by atoms with Crippen LogP contribution in [0.2, 0.25) is 0 Å². The predicted molar refractivity (Wildman–Crippen MR) is 81.2 cm³/mol. The minimum atomic E-state index is 0.580. The van der Waals surface area contributed by atoms with Crippen LogP contribution in [0.3, 0.4) is 0 Å². The Morgan fingerprint density at radius 2 is 2.16 bits per heavy atom. The third-order valence-corrected chi connectivity index (χ3v) is 4.97. The van der Waals surface area contributed by atoms with E-state index >= 15 is 0 Å². The van der Waals surface area contributed by atoms with Crippen LogP contribution in [-0.4, -0.2) is 18.1 Å². The van der Waals surface area contributed by atoms with E-state index in [-0.39, 0.29) is 0 Å². The SMILES string of the molecule is COc1ccc2nc(N[C@H]3CCCC[C@H]3C)sc2c1. The second-order valence-corrected chi connectivity index (χ2v) is 6.40. The topological polar surface area (TPSA) is 34.1 Å². The number of hydrogen-bond donors (Lipinski definition) is 1. The average molecular weight is 276 g/mol. The summed E-state index contributed by atoms with van der Waals surface area (Å²) in [7, 11) is 1.70. The van der Waals surface area contributed by atoms with Crippen molar-refractivity contribution in [2.75, 3.05) is 12.4 Å². The molecule has 1 fully saturated rings. The maximum Gasteiger partial charge on any atom is 0.184 e. The summed E-state index contributed by atoms with van der Waals surface area (Å²) in [5, 5.41) is 4.67. The number of ether oxygens (including phenoxy) is 1. The number of anilines is 1. The van der Waals surface area contributed by atoms with Crippen LogP contribution in [0.25, 0.3) is 10.2 Å². The van der Waals surface area contributed by atoms with Crippen molar-refractivity contribution in [3.63, 3.8) is 0 Å². The van der Waals surface area contributed by atoms with Gasteiger partial charge in [0.25, 0.3) is 0 Å². The summed E-state index contributed by atoms with van der Waals surface area (Å²) >= 11 is 1.72. The van der Waals surface area contributed by atoms with Crippen molar-refractivity contribution < 1.29 is 4.74 Å². The number of rotatable bonds is 3. The molecule has 1 aliphatic rings. The largest absolute Gasteiger partial charge is 0.497 e. The molecule has 0 unspecified atom stereocenters. The fraction of sp³-hybridized carbons (Fsp3) is 0.533. The molecule has 2 aromatic rings. The maximum absolute atomic E-state index is 5.26. The number of fused-ring (bicyclic) bond motifs is 1. The number of nitrogens with one attached hydrogen (secondary N) is 1. The average Bonchev–Trinajstić information content (AvgIpc) is 2.82. The highest BCUT2D eigenvalue weighted by Gasteiger charge is 2.21. The highest BCUT2D eigenvalue weighted by atomic mass is 32.1. The summed E-state index contributed by atoms with van der Waals surface area (Å²) in [4.78, 5) is 4.67. The lowest BCUT2D eigenvalue weighted by Gasteiger charge is -2.29. The molecule has 0 aliphatic heterocycles. The molecule has 1 N–H and O–H groups in total. The summed E-state index contributed by atoms with van der Waals surface area (Å²) < 4.78 is 6.44. The Balaban J connectivity index is 1.81. The third-order valence-electron chi connectivity index (χ3n) is 4.02. The zero-order valence-corrected chi connectivity index (χ0v) is 12.3. The van der Waals surface area contributed by atoms with Gasteiger partial charge < -0.3 is 10.1 Å². The van der Waals surface area contributed by atoms with Gasteiger partial charge in [-0.3, -0.25) is 0 Å². The van der Waals surface area contributed by atoms with E-state index in [1.54, 1.807) is 18.4 Å². The lowest BCUT2D eigenvalue weighted by atomic mass is 9.86. The Hall–Kier alpha value is -1.29. The second kappa shape index (κ2) is 5.37. The van der Waals surface area contributed by atoms with Crippen LogP contribution < -0.4 is 10.1 Å². The van der Waals surface area contributed by atoms with Crippen LogP contribution in [0, 0.1) is 5.92 Å². The smallest absolute Gasteiger partial charge is 0.184 e. The summed E-state index contributed by atoms with van der Waals surface area (Å²) in [5.74, 6) is 1.64. The van der Waals surface area contributed by atoms with Gasteiger partial charge in [0.05, 0.1) is 17.3 Å². The molecule has 0 amide bonds. The Labute approximate surface area is 118 Å². The Kier molecular flexibility index (Phi) is 3.60. The number of nitrogens with zero attached hydrogens (tertiary/aromatic N) is 1. The highest BCUT2D eigenvalue weighted by Crippen LogP contribution is 2.32. The first-order valence-corrected chi connectivity index (χ1v) is 7.79. The van der Waals surface area contributed by atoms with E-state index in [4.69, 9.17) is 4.74 Å². The van der Waals surface area contributed by atoms with Crippen molar-refractivity contribution in [2.24, 2.45) is 5.92 Å². The van der Waals surface area contributed by atoms with Gasteiger partial charge >= 0.3 is 0 Å². The van der Waals surface area contributed by atoms with Crippen molar-refractivity contribution in [1.29, 1.82) is 0 Å². The molecule has 4 heteroatoms. The van der Waals surface area contributed by atoms with Gasteiger partial charge in [0.2, 0.25) is 0 Å². The van der Waals surface area contributed by atoms with Crippen molar-refractivity contribution in [3.05, 3.63) is 18.2 Å². The summed E-state index contributed by atoms with van der Waals surface area (Å²) in [6.45, 7) is 2.34. The van der Waals surface area contributed by atoms with E-state index in [0.29, 0.717) is 6.04 Å². The van der Waals surface area contributed by atoms with E-state index < -0.39 is 0 Å². The molecule has 0 bridgehead atoms. The predicted octanol–water partition coefficient (Wildman–Crippen LogP) is 4.30. The minimum Gasteiger partial charge on any atom is -0.497 e. The van der Waals surface area contributed by atoms with Crippen molar-refractivity contribution >= 4 is 26.7 Å². The Morgan fingerprint density at radius 3 is 2.95 bits per heavy atom. The van der Waals surface area contributed by atoms with Crippen LogP contribution in [0.15, 0.2) is 18.2 Å². The molecule has 1 heterocycles. The molecule has 1 aromatic carbocycles. The van der Waals surface area contributed by atoms with E-state index in [1.807, 2.05) is 12.1 Å². The molecular weight excluding hydrogens is 256 g/mol. The zero-order chi connectivity index (χ0) is 13.2. The number of benzene rings is 1. The van der Waals surface area contributed by atoms with Crippen LogP contribution in [0.1, 0.15) is 32.6 Å². The van der Waals surface area contributed by atoms with Crippen molar-refractivity contribution in [3.8, 4) is 5.75 Å². The first-order valence-electron chi connectivity index (χ1n) is 6.97. The van der Waals surface area contributed by atoms with E-state index in [9.17, 15) is 0 Å². The van der Waals surface area contributed by atoms with Crippen LogP contribution in [0.4, 0.5) is 5.13 Å². The molecule has 2 atom stereocenters. The number of aromatic nitrogens is 1. The van der Waals surface area contributed by atoms with Crippen LogP contribution in [0.5, 0.6) is 5.75 Å². The van der Waals surface area contributed by atoms with E-state index in [2.05, 4.69) is 23.3 Å². The number of hydrogen-bond acceptors (Lipinski definition) is 4. The molecule has 102 valence electrons. The molecule has 0 radical (unpaired) electrons. The van der Waals surface area contributed by atoms with Gasteiger partial charge in [-0.1, -0.05) is 31.1 Å². The second-order valence-electron chi connectivity index (χ2n) is 5.37. The lowest BCUT2D eigenvalue weighted by Crippen LogP contribution is -2.30. The van der Waals surface area contributed by atoms with Gasteiger partial charge in [0, 0.05) is 6.04 Å². The molecule has 1 aliphatic carbocycles. The molecular formula is C15H20N2OS. The lowest BCUT2D eigenvalue weighted by molar-refractivity contribution is 0.349. The maximum atomic E-state index is 5.26. The quantitative estimate of drug-likeness (QED) is 0.907. The normalized spacial score (nSPS) is 23.5. The molecule has 0 saturated heterocycles. The molecule has 1 aromatic heterocycles. The number of methoxy groups -OCH3 is 1. The first-order chi connectivity index (χ1) is 9.26. The molecule has 1 saturated carbocycles. The van der Waals surface area contributed by atoms with Gasteiger partial charge in [0.15, 0.2) is 5.13 Å². The third kappa shape index (κ3) is 2.68. The van der Waals surface area contributed by atoms with Gasteiger partial charge in [-0.05, 0) is 37.0 Å². The fourth-order valence-electron chi connectivity index (χ4n) is 2.78. The van der Waals surface area contributed by atoms with Crippen molar-refractivity contribution in [2.45, 2.75) is 38.6 Å². The monoisotopic (exact) mass is 276 g/mol. The van der Waals surface area contributed by atoms with Gasteiger partial charge in [-0.25, -0.2) is 4.98 Å². The summed E-state index contributed by atoms with van der Waals surface area (Å²) in [6.07, 6.45) is 5.30. The molecule has 19 heavy (non-hydrogen) atoms. The first kappa shape index (κ1) is 12.7. The molecule has 3 rings (SSSR count). The van der Waals surface area contributed by atoms with Crippen LogP contribution >= 0.6 is 11.3 Å². The van der Waals surface area contributed by atoms with E-state index in [0.717, 1.165) is 22.3 Å².